The summed E-state index contributed by atoms with van der Waals surface area (Å²) < 4.78 is 13.3. The van der Waals surface area contributed by atoms with Gasteiger partial charge in [-0.25, -0.2) is 4.39 Å². The number of rotatable bonds is 3. The Morgan fingerprint density at radius 2 is 1.86 bits per heavy atom. The molecule has 0 atom stereocenters. The van der Waals surface area contributed by atoms with Crippen LogP contribution < -0.4 is 16.8 Å². The molecule has 5 nitrogen and oxygen atoms in total. The SMILES string of the molecule is NC(=O)c1ccc(NC(=O)c2ccc(N)c(F)c2)cc1Cl. The van der Waals surface area contributed by atoms with E-state index in [1.807, 2.05) is 0 Å². The van der Waals surface area contributed by atoms with Gasteiger partial charge in [0.05, 0.1) is 16.3 Å². The predicted molar refractivity (Wildman–Crippen MR) is 78.7 cm³/mol. The van der Waals surface area contributed by atoms with Gasteiger partial charge >= 0.3 is 0 Å². The molecule has 2 amide bonds. The van der Waals surface area contributed by atoms with Gasteiger partial charge in [0.15, 0.2) is 0 Å². The molecule has 0 fully saturated rings. The van der Waals surface area contributed by atoms with Gasteiger partial charge in [-0.3, -0.25) is 9.59 Å². The highest BCUT2D eigenvalue weighted by Crippen LogP contribution is 2.21. The first-order chi connectivity index (χ1) is 9.88. The molecule has 108 valence electrons. The zero-order chi connectivity index (χ0) is 15.6. The third-order valence-electron chi connectivity index (χ3n) is 2.76. The van der Waals surface area contributed by atoms with Crippen molar-refractivity contribution in [2.24, 2.45) is 5.73 Å². The molecule has 0 aromatic heterocycles. The highest BCUT2D eigenvalue weighted by atomic mass is 35.5. The summed E-state index contributed by atoms with van der Waals surface area (Å²) in [7, 11) is 0. The Balaban J connectivity index is 2.21. The average Bonchev–Trinajstić information content (AvgIpc) is 2.41. The lowest BCUT2D eigenvalue weighted by Crippen LogP contribution is -2.14. The van der Waals surface area contributed by atoms with Crippen molar-refractivity contribution in [2.45, 2.75) is 0 Å². The van der Waals surface area contributed by atoms with E-state index in [2.05, 4.69) is 5.32 Å². The van der Waals surface area contributed by atoms with Gasteiger partial charge in [-0.05, 0) is 36.4 Å². The number of anilines is 2. The maximum absolute atomic E-state index is 13.3. The summed E-state index contributed by atoms with van der Waals surface area (Å²) in [6.45, 7) is 0. The number of hydrogen-bond donors (Lipinski definition) is 3. The van der Waals surface area contributed by atoms with Crippen LogP contribution >= 0.6 is 11.6 Å². The van der Waals surface area contributed by atoms with Crippen molar-refractivity contribution < 1.29 is 14.0 Å². The molecule has 0 saturated carbocycles. The second-order valence-electron chi connectivity index (χ2n) is 4.25. The minimum absolute atomic E-state index is 0.0413. The molecule has 0 radical (unpaired) electrons. The van der Waals surface area contributed by atoms with Crippen LogP contribution in [0.15, 0.2) is 36.4 Å². The van der Waals surface area contributed by atoms with Crippen molar-refractivity contribution in [1.29, 1.82) is 0 Å². The average molecular weight is 308 g/mol. The fourth-order valence-electron chi connectivity index (χ4n) is 1.66. The minimum Gasteiger partial charge on any atom is -0.396 e. The second kappa shape index (κ2) is 5.80. The topological polar surface area (TPSA) is 98.2 Å². The lowest BCUT2D eigenvalue weighted by atomic mass is 10.1. The number of amides is 2. The van der Waals surface area contributed by atoms with Crippen LogP contribution in [-0.2, 0) is 0 Å². The number of nitrogen functional groups attached to an aromatic ring is 1. The number of carbonyl (C=O) groups is 2. The van der Waals surface area contributed by atoms with Gasteiger partial charge in [-0.15, -0.1) is 0 Å². The number of halogens is 2. The summed E-state index contributed by atoms with van der Waals surface area (Å²) in [6.07, 6.45) is 0. The van der Waals surface area contributed by atoms with Crippen LogP contribution in [0.5, 0.6) is 0 Å². The normalized spacial score (nSPS) is 10.2. The second-order valence-corrected chi connectivity index (χ2v) is 4.66. The predicted octanol–water partition coefficient (Wildman–Crippen LogP) is 2.41. The molecule has 0 spiro atoms. The number of hydrogen-bond acceptors (Lipinski definition) is 3. The zero-order valence-electron chi connectivity index (χ0n) is 10.7. The summed E-state index contributed by atoms with van der Waals surface area (Å²) in [4.78, 5) is 23.0. The Labute approximate surface area is 124 Å². The Morgan fingerprint density at radius 1 is 1.14 bits per heavy atom. The first-order valence-electron chi connectivity index (χ1n) is 5.84. The van der Waals surface area contributed by atoms with Crippen LogP contribution in [0, 0.1) is 5.82 Å². The molecular formula is C14H11ClFN3O2. The number of nitrogens with one attached hydrogen (secondary N) is 1. The highest BCUT2D eigenvalue weighted by molar-refractivity contribution is 6.34. The molecule has 0 unspecified atom stereocenters. The lowest BCUT2D eigenvalue weighted by molar-refractivity contribution is 0.0998. The molecule has 21 heavy (non-hydrogen) atoms. The Kier molecular flexibility index (Phi) is 4.09. The lowest BCUT2D eigenvalue weighted by Gasteiger charge is -2.08. The van der Waals surface area contributed by atoms with E-state index >= 15 is 0 Å². The van der Waals surface area contributed by atoms with Gasteiger partial charge in [0.2, 0.25) is 5.91 Å². The maximum Gasteiger partial charge on any atom is 0.255 e. The van der Waals surface area contributed by atoms with E-state index in [0.29, 0.717) is 5.69 Å². The van der Waals surface area contributed by atoms with Gasteiger partial charge in [-0.1, -0.05) is 11.6 Å². The monoisotopic (exact) mass is 307 g/mol. The van der Waals surface area contributed by atoms with Gasteiger partial charge in [0.25, 0.3) is 5.91 Å². The van der Waals surface area contributed by atoms with Crippen LogP contribution in [0.1, 0.15) is 20.7 Å². The van der Waals surface area contributed by atoms with Crippen LogP contribution in [0.4, 0.5) is 15.8 Å². The fraction of sp³-hybridized carbons (Fsp3) is 0. The molecule has 2 rings (SSSR count). The van der Waals surface area contributed by atoms with Gasteiger partial charge in [0.1, 0.15) is 5.82 Å². The number of benzene rings is 2. The van der Waals surface area contributed by atoms with Crippen molar-refractivity contribution >= 4 is 34.8 Å². The zero-order valence-corrected chi connectivity index (χ0v) is 11.4. The quantitative estimate of drug-likeness (QED) is 0.759. The third-order valence-corrected chi connectivity index (χ3v) is 3.07. The van der Waals surface area contributed by atoms with E-state index < -0.39 is 17.6 Å². The van der Waals surface area contributed by atoms with Crippen LogP contribution in [-0.4, -0.2) is 11.8 Å². The molecule has 2 aromatic rings. The Morgan fingerprint density at radius 3 is 2.43 bits per heavy atom. The van der Waals surface area contributed by atoms with Crippen molar-refractivity contribution in [3.8, 4) is 0 Å². The minimum atomic E-state index is -0.676. The van der Waals surface area contributed by atoms with Gasteiger partial charge < -0.3 is 16.8 Å². The maximum atomic E-state index is 13.3. The summed E-state index contributed by atoms with van der Waals surface area (Å²) in [5.74, 6) is -1.87. The highest BCUT2D eigenvalue weighted by Gasteiger charge is 2.11. The van der Waals surface area contributed by atoms with E-state index in [-0.39, 0.29) is 21.8 Å². The van der Waals surface area contributed by atoms with Crippen LogP contribution in [0.25, 0.3) is 0 Å². The summed E-state index contributed by atoms with van der Waals surface area (Å²) in [6, 6.07) is 7.97. The van der Waals surface area contributed by atoms with Crippen LogP contribution in [0.2, 0.25) is 5.02 Å². The molecule has 0 saturated heterocycles. The molecule has 7 heteroatoms. The molecule has 5 N–H and O–H groups in total. The molecule has 0 aliphatic carbocycles. The largest absolute Gasteiger partial charge is 0.396 e. The fourth-order valence-corrected chi connectivity index (χ4v) is 1.94. The van der Waals surface area contributed by atoms with E-state index in [9.17, 15) is 14.0 Å². The van der Waals surface area contributed by atoms with E-state index in [1.165, 1.54) is 30.3 Å². The van der Waals surface area contributed by atoms with Crippen molar-refractivity contribution in [3.05, 3.63) is 58.4 Å². The van der Waals surface area contributed by atoms with Gasteiger partial charge in [0, 0.05) is 11.3 Å². The summed E-state index contributed by atoms with van der Waals surface area (Å²) in [5, 5.41) is 2.64. The first kappa shape index (κ1) is 14.8. The first-order valence-corrected chi connectivity index (χ1v) is 6.22. The standard InChI is InChI=1S/C14H11ClFN3O2/c15-10-6-8(2-3-9(10)13(18)20)19-14(21)7-1-4-12(17)11(16)5-7/h1-6H,17H2,(H2,18,20)(H,19,21). The van der Waals surface area contributed by atoms with Gasteiger partial charge in [-0.2, -0.15) is 0 Å². The molecular weight excluding hydrogens is 297 g/mol. The molecule has 0 aliphatic rings. The summed E-state index contributed by atoms with van der Waals surface area (Å²) >= 11 is 5.87. The number of primary amides is 1. The molecule has 2 aromatic carbocycles. The Hall–Kier alpha value is -2.60. The van der Waals surface area contributed by atoms with Crippen molar-refractivity contribution in [2.75, 3.05) is 11.1 Å². The van der Waals surface area contributed by atoms with Crippen LogP contribution in [0.3, 0.4) is 0 Å². The number of nitrogens with two attached hydrogens (primary N) is 2. The molecule has 0 heterocycles. The molecule has 0 bridgehead atoms. The van der Waals surface area contributed by atoms with Crippen molar-refractivity contribution in [3.63, 3.8) is 0 Å². The third kappa shape index (κ3) is 3.29. The van der Waals surface area contributed by atoms with E-state index in [0.717, 1.165) is 6.07 Å². The molecule has 0 aliphatic heterocycles. The van der Waals surface area contributed by atoms with E-state index in [4.69, 9.17) is 23.1 Å². The smallest absolute Gasteiger partial charge is 0.255 e. The van der Waals surface area contributed by atoms with E-state index in [1.54, 1.807) is 0 Å². The number of carbonyl (C=O) groups excluding carboxylic acids is 2. The van der Waals surface area contributed by atoms with Crippen molar-refractivity contribution in [1.82, 2.24) is 0 Å². The Bertz CT molecular complexity index is 734. The summed E-state index contributed by atoms with van der Waals surface area (Å²) in [5.41, 5.74) is 11.0.